The molecule has 0 fully saturated rings. The Kier molecular flexibility index (Phi) is 15.4. The second-order valence-electron chi connectivity index (χ2n) is 15.7. The number of aromatic hydroxyl groups is 2. The molecule has 4 atom stereocenters. The lowest BCUT2D eigenvalue weighted by molar-refractivity contribution is -0.142. The molecule has 60 heavy (non-hydrogen) atoms. The van der Waals surface area contributed by atoms with Crippen LogP contribution in [0.4, 0.5) is 0 Å². The molecule has 5 rings (SSSR count). The van der Waals surface area contributed by atoms with Crippen LogP contribution in [0.1, 0.15) is 104 Å². The van der Waals surface area contributed by atoms with Crippen molar-refractivity contribution in [3.8, 4) is 40.1 Å². The number of benzene rings is 3. The minimum atomic E-state index is -1.29. The Morgan fingerprint density at radius 3 is 2.37 bits per heavy atom. The molecule has 3 aromatic carbocycles. The predicted octanol–water partition coefficient (Wildman–Crippen LogP) is 6.51. The third kappa shape index (κ3) is 10.9. The van der Waals surface area contributed by atoms with Crippen LogP contribution in [0.2, 0.25) is 0 Å². The van der Waals surface area contributed by atoms with Crippen LogP contribution in [-0.2, 0) is 32.0 Å². The van der Waals surface area contributed by atoms with Gasteiger partial charge in [0.05, 0.1) is 23.4 Å². The molecule has 0 unspecified atom stereocenters. The molecule has 0 saturated carbocycles. The van der Waals surface area contributed by atoms with E-state index in [2.05, 4.69) is 34.3 Å². The van der Waals surface area contributed by atoms with Gasteiger partial charge in [-0.05, 0) is 80.1 Å². The number of hydrogen-bond acceptors (Lipinski definition) is 11. The molecule has 13 nitrogen and oxygen atoms in total. The minimum Gasteiger partial charge on any atom is -0.507 e. The first-order valence-electron chi connectivity index (χ1n) is 20.6. The van der Waals surface area contributed by atoms with Crippen LogP contribution in [0.25, 0.3) is 22.5 Å². The van der Waals surface area contributed by atoms with Gasteiger partial charge < -0.3 is 26.2 Å². The van der Waals surface area contributed by atoms with Crippen molar-refractivity contribution < 1.29 is 34.2 Å². The van der Waals surface area contributed by atoms with Crippen molar-refractivity contribution in [1.82, 2.24) is 20.2 Å². The average molecular weight is 815 g/mol. The number of hydrogen-bond donors (Lipinski definition) is 4. The standard InChI is InChI=1S/C47H54N6O7/c1-5-6-7-9-30-11-14-32(15-12-30)45-50-27-37(29(3)51-45)42(57)26-34(19-21-49)47(60)53(4)44-33-16-18-40(55)36(25-33)35-23-31(13-17-39(35)54)24-38(41(56)10-8-20-48)52-46(59)28(2)22-43(44)58/h11-18,23,25,27-28,34,38,44,54-55H,5-10,19,21-22,24,26,49H2,1-4H3,(H,52,59)/t28-,34-,38+,44+/m1/s1. The van der Waals surface area contributed by atoms with Gasteiger partial charge in [-0.1, -0.05) is 63.1 Å². The Hall–Kier alpha value is -6.26. The fraction of sp³-hybridized carbons (Fsp3) is 0.404. The van der Waals surface area contributed by atoms with Crippen LogP contribution in [0, 0.1) is 30.1 Å². The van der Waals surface area contributed by atoms with Crippen LogP contribution < -0.4 is 11.1 Å². The summed E-state index contributed by atoms with van der Waals surface area (Å²) in [6.07, 6.45) is 5.35. The Bertz CT molecular complexity index is 2270. The number of nitrogens with one attached hydrogen (secondary N) is 1. The van der Waals surface area contributed by atoms with Crippen molar-refractivity contribution in [1.29, 1.82) is 5.26 Å². The highest BCUT2D eigenvalue weighted by atomic mass is 16.3. The largest absolute Gasteiger partial charge is 0.507 e. The fourth-order valence-corrected chi connectivity index (χ4v) is 7.69. The van der Waals surface area contributed by atoms with E-state index in [9.17, 15) is 34.2 Å². The van der Waals surface area contributed by atoms with Crippen molar-refractivity contribution in [2.75, 3.05) is 13.6 Å². The van der Waals surface area contributed by atoms with Crippen molar-refractivity contribution in [3.05, 3.63) is 94.8 Å². The summed E-state index contributed by atoms with van der Waals surface area (Å²) in [5, 5.41) is 33.9. The topological polar surface area (TPSA) is 217 Å². The zero-order valence-electron chi connectivity index (χ0n) is 34.7. The number of Topliss-reactive ketones (excluding diaryl/α,β-unsaturated/α-hetero) is 3. The third-order valence-corrected chi connectivity index (χ3v) is 11.2. The smallest absolute Gasteiger partial charge is 0.226 e. The maximum Gasteiger partial charge on any atom is 0.226 e. The molecule has 2 amide bonds. The van der Waals surface area contributed by atoms with E-state index in [0.29, 0.717) is 22.6 Å². The first kappa shape index (κ1) is 44.8. The summed E-state index contributed by atoms with van der Waals surface area (Å²) in [5.41, 5.74) is 9.97. The monoisotopic (exact) mass is 814 g/mol. The lowest BCUT2D eigenvalue weighted by Crippen LogP contribution is -2.45. The van der Waals surface area contributed by atoms with Crippen LogP contribution in [0.5, 0.6) is 11.5 Å². The molecule has 5 N–H and O–H groups in total. The zero-order chi connectivity index (χ0) is 43.5. The molecule has 0 aliphatic carbocycles. The molecule has 0 saturated heterocycles. The summed E-state index contributed by atoms with van der Waals surface area (Å²) in [6.45, 7) is 5.51. The number of ketones is 3. The Labute approximate surface area is 351 Å². The number of aryl methyl sites for hydroxylation is 2. The summed E-state index contributed by atoms with van der Waals surface area (Å²) >= 11 is 0. The van der Waals surface area contributed by atoms with Gasteiger partial charge in [0, 0.05) is 67.5 Å². The highest BCUT2D eigenvalue weighted by molar-refractivity contribution is 6.00. The highest BCUT2D eigenvalue weighted by Crippen LogP contribution is 2.39. The number of nitrogens with zero attached hydrogens (tertiary/aromatic N) is 4. The number of unbranched alkanes of at least 4 members (excludes halogenated alkanes) is 2. The fourth-order valence-electron chi connectivity index (χ4n) is 7.69. The number of aromatic nitrogens is 2. The second kappa shape index (κ2) is 20.6. The molecule has 13 heteroatoms. The number of nitrogens with two attached hydrogens (primary N) is 1. The number of carbonyl (C=O) groups excluding carboxylic acids is 5. The summed E-state index contributed by atoms with van der Waals surface area (Å²) in [5.74, 6) is -4.16. The number of amides is 2. The van der Waals surface area contributed by atoms with Crippen molar-refractivity contribution in [2.24, 2.45) is 17.6 Å². The third-order valence-electron chi connectivity index (χ3n) is 11.2. The molecule has 4 bridgehead atoms. The van der Waals surface area contributed by atoms with E-state index in [1.165, 1.54) is 54.4 Å². The zero-order valence-corrected chi connectivity index (χ0v) is 34.7. The number of rotatable bonds is 15. The van der Waals surface area contributed by atoms with E-state index in [1.54, 1.807) is 26.0 Å². The van der Waals surface area contributed by atoms with Gasteiger partial charge >= 0.3 is 0 Å². The molecular formula is C47H54N6O7. The van der Waals surface area contributed by atoms with Gasteiger partial charge in [-0.15, -0.1) is 0 Å². The first-order valence-corrected chi connectivity index (χ1v) is 20.6. The summed E-state index contributed by atoms with van der Waals surface area (Å²) in [4.78, 5) is 79.8. The van der Waals surface area contributed by atoms with Crippen LogP contribution in [0.3, 0.4) is 0 Å². The quantitative estimate of drug-likeness (QED) is 0.0749. The van der Waals surface area contributed by atoms with Gasteiger partial charge in [-0.25, -0.2) is 9.97 Å². The number of fused-ring (bicyclic) bond motifs is 5. The molecule has 1 aliphatic rings. The number of nitriles is 1. The van der Waals surface area contributed by atoms with E-state index >= 15 is 0 Å². The van der Waals surface area contributed by atoms with E-state index in [1.807, 2.05) is 18.2 Å². The molecule has 1 aliphatic heterocycles. The van der Waals surface area contributed by atoms with Crippen molar-refractivity contribution in [2.45, 2.75) is 97.1 Å². The highest BCUT2D eigenvalue weighted by Gasteiger charge is 2.36. The molecule has 0 radical (unpaired) electrons. The first-order chi connectivity index (χ1) is 28.8. The Morgan fingerprint density at radius 2 is 1.70 bits per heavy atom. The molecule has 0 spiro atoms. The molecule has 2 heterocycles. The predicted molar refractivity (Wildman–Crippen MR) is 227 cm³/mol. The average Bonchev–Trinajstić information content (AvgIpc) is 3.23. The maximum absolute atomic E-state index is 14.5. The minimum absolute atomic E-state index is 0.0361. The maximum atomic E-state index is 14.5. The molecule has 1 aromatic heterocycles. The second-order valence-corrected chi connectivity index (χ2v) is 15.7. The molecule has 4 aromatic rings. The van der Waals surface area contributed by atoms with E-state index in [0.717, 1.165) is 24.8 Å². The van der Waals surface area contributed by atoms with Gasteiger partial charge in [-0.2, -0.15) is 5.26 Å². The Balaban J connectivity index is 1.45. The normalized spacial score (nSPS) is 17.2. The number of phenols is 2. The lowest BCUT2D eigenvalue weighted by Gasteiger charge is -2.32. The van der Waals surface area contributed by atoms with Crippen molar-refractivity contribution in [3.63, 3.8) is 0 Å². The lowest BCUT2D eigenvalue weighted by atomic mass is 9.88. The number of likely N-dealkylation sites (N-methyl/N-ethyl adjacent to an activating group) is 1. The summed E-state index contributed by atoms with van der Waals surface area (Å²) in [6, 6.07) is 16.6. The van der Waals surface area contributed by atoms with E-state index in [4.69, 9.17) is 11.0 Å². The van der Waals surface area contributed by atoms with Gasteiger partial charge in [-0.3, -0.25) is 24.0 Å². The number of phenolic OH excluding ortho intramolecular Hbond substituents is 2. The Morgan fingerprint density at radius 1 is 1.00 bits per heavy atom. The molecule has 314 valence electrons. The van der Waals surface area contributed by atoms with E-state index < -0.39 is 41.5 Å². The van der Waals surface area contributed by atoms with Crippen LogP contribution in [-0.4, -0.2) is 73.9 Å². The van der Waals surface area contributed by atoms with Gasteiger partial charge in [0.15, 0.2) is 23.2 Å². The van der Waals surface area contributed by atoms with E-state index in [-0.39, 0.29) is 84.8 Å². The molecular weight excluding hydrogens is 761 g/mol. The van der Waals surface area contributed by atoms with Gasteiger partial charge in [0.2, 0.25) is 11.8 Å². The van der Waals surface area contributed by atoms with Gasteiger partial charge in [0.25, 0.3) is 0 Å². The van der Waals surface area contributed by atoms with Crippen molar-refractivity contribution >= 4 is 29.2 Å². The SMILES string of the molecule is CCCCCc1ccc(-c2ncc(C(=O)C[C@@H](CCN)C(=O)N(C)[C@@H]3C(=O)C[C@@H](C)C(=O)N[C@H](C(=O)CCC#N)Cc4ccc(O)c(c4)-c4cc3ccc4O)c(C)n2)cc1. The summed E-state index contributed by atoms with van der Waals surface area (Å²) in [7, 11) is 1.44. The van der Waals surface area contributed by atoms with Gasteiger partial charge in [0.1, 0.15) is 17.5 Å². The van der Waals surface area contributed by atoms with Crippen LogP contribution >= 0.6 is 0 Å². The summed E-state index contributed by atoms with van der Waals surface area (Å²) < 4.78 is 0. The number of carbonyl (C=O) groups is 5. The van der Waals surface area contributed by atoms with Crippen LogP contribution in [0.15, 0.2) is 66.9 Å².